The number of hydrogen-bond donors (Lipinski definition) is 1. The molecular weight excluding hydrogens is 76.1 g/mol. The normalized spacial score (nSPS) is 29.7. The van der Waals surface area contributed by atoms with Crippen LogP contribution in [0.5, 0.6) is 0 Å². The summed E-state index contributed by atoms with van der Waals surface area (Å²) in [4.78, 5) is 0. The van der Waals surface area contributed by atoms with E-state index in [1.807, 2.05) is 6.21 Å². The first kappa shape index (κ1) is 3.81. The molecule has 1 aliphatic heterocycles. The Bertz CT molecular complexity index is 85.5. The highest BCUT2D eigenvalue weighted by molar-refractivity contribution is 5.65. The van der Waals surface area contributed by atoms with E-state index in [9.17, 15) is 0 Å². The van der Waals surface area contributed by atoms with Crippen LogP contribution in [0.4, 0.5) is 0 Å². The van der Waals surface area contributed by atoms with Crippen LogP contribution in [-0.2, 0) is 0 Å². The van der Waals surface area contributed by atoms with E-state index in [0.29, 0.717) is 0 Å². The van der Waals surface area contributed by atoms with Gasteiger partial charge in [-0.3, -0.25) is 5.73 Å². The standard InChI is InChI=1S/C4H9N2/c1-2-6-3-4(6)5/h3-4H,2,5H2,1H3/q+1. The van der Waals surface area contributed by atoms with Gasteiger partial charge in [-0.2, -0.15) is 0 Å². The molecule has 0 aromatic heterocycles. The Morgan fingerprint density at radius 3 is 2.50 bits per heavy atom. The van der Waals surface area contributed by atoms with Crippen LogP contribution in [0.2, 0.25) is 0 Å². The molecule has 1 atom stereocenters. The number of rotatable bonds is 1. The summed E-state index contributed by atoms with van der Waals surface area (Å²) < 4.78 is 2.07. The maximum Gasteiger partial charge on any atom is 0.281 e. The van der Waals surface area contributed by atoms with Crippen LogP contribution in [0.3, 0.4) is 0 Å². The fraction of sp³-hybridized carbons (Fsp3) is 0.750. The van der Waals surface area contributed by atoms with Gasteiger partial charge in [0, 0.05) is 0 Å². The molecule has 1 unspecified atom stereocenters. The molecule has 0 aliphatic carbocycles. The lowest BCUT2D eigenvalue weighted by Crippen LogP contribution is -2.12. The molecule has 0 fully saturated rings. The highest BCUT2D eigenvalue weighted by Gasteiger charge is 2.27. The van der Waals surface area contributed by atoms with Crippen molar-refractivity contribution in [1.82, 2.24) is 0 Å². The van der Waals surface area contributed by atoms with Crippen LogP contribution in [-0.4, -0.2) is 23.5 Å². The van der Waals surface area contributed by atoms with Crippen LogP contribution in [0.15, 0.2) is 0 Å². The molecule has 0 saturated heterocycles. The van der Waals surface area contributed by atoms with Crippen molar-refractivity contribution in [2.45, 2.75) is 13.1 Å². The summed E-state index contributed by atoms with van der Waals surface area (Å²) in [5.74, 6) is 0. The van der Waals surface area contributed by atoms with Gasteiger partial charge in [-0.15, -0.1) is 0 Å². The van der Waals surface area contributed by atoms with Crippen molar-refractivity contribution in [3.05, 3.63) is 0 Å². The third-order valence-corrected chi connectivity index (χ3v) is 1.00. The molecule has 0 aromatic carbocycles. The summed E-state index contributed by atoms with van der Waals surface area (Å²) >= 11 is 0. The molecule has 0 bridgehead atoms. The Balaban J connectivity index is 2.23. The van der Waals surface area contributed by atoms with Crippen LogP contribution >= 0.6 is 0 Å². The third-order valence-electron chi connectivity index (χ3n) is 1.00. The van der Waals surface area contributed by atoms with Crippen LogP contribution in [0.25, 0.3) is 0 Å². The first-order valence-electron chi connectivity index (χ1n) is 2.21. The van der Waals surface area contributed by atoms with Crippen molar-refractivity contribution in [3.8, 4) is 0 Å². The van der Waals surface area contributed by atoms with Crippen molar-refractivity contribution < 1.29 is 4.58 Å². The molecular formula is C4H9N2+. The molecule has 34 valence electrons. The number of nitrogens with zero attached hydrogens (tertiary/aromatic N) is 1. The predicted molar refractivity (Wildman–Crippen MR) is 24.8 cm³/mol. The molecule has 1 rings (SSSR count). The fourth-order valence-electron chi connectivity index (χ4n) is 0.474. The predicted octanol–water partition coefficient (Wildman–Crippen LogP) is -0.612. The van der Waals surface area contributed by atoms with Gasteiger partial charge >= 0.3 is 0 Å². The molecule has 2 heteroatoms. The van der Waals surface area contributed by atoms with Gasteiger partial charge in [0.05, 0.1) is 0 Å². The van der Waals surface area contributed by atoms with Gasteiger partial charge in [-0.25, -0.2) is 4.58 Å². The molecule has 6 heavy (non-hydrogen) atoms. The zero-order valence-electron chi connectivity index (χ0n) is 3.89. The SMILES string of the molecule is CC[N+]1=CC1N. The van der Waals surface area contributed by atoms with Crippen molar-refractivity contribution in [1.29, 1.82) is 0 Å². The zero-order chi connectivity index (χ0) is 4.57. The molecule has 1 aliphatic rings. The van der Waals surface area contributed by atoms with Gasteiger partial charge in [-0.05, 0) is 6.92 Å². The van der Waals surface area contributed by atoms with E-state index in [2.05, 4.69) is 11.5 Å². The van der Waals surface area contributed by atoms with E-state index in [-0.39, 0.29) is 6.17 Å². The molecule has 0 spiro atoms. The van der Waals surface area contributed by atoms with Crippen molar-refractivity contribution in [2.24, 2.45) is 5.73 Å². The minimum atomic E-state index is 0.273. The monoisotopic (exact) mass is 85.1 g/mol. The summed E-state index contributed by atoms with van der Waals surface area (Å²) in [6.07, 6.45) is 2.27. The minimum absolute atomic E-state index is 0.273. The van der Waals surface area contributed by atoms with Crippen LogP contribution < -0.4 is 5.73 Å². The van der Waals surface area contributed by atoms with Crippen LogP contribution in [0, 0.1) is 0 Å². The second-order valence-electron chi connectivity index (χ2n) is 1.47. The van der Waals surface area contributed by atoms with Gasteiger partial charge < -0.3 is 0 Å². The summed E-state index contributed by atoms with van der Waals surface area (Å²) in [6, 6.07) is 0. The Morgan fingerprint density at radius 2 is 2.50 bits per heavy atom. The second kappa shape index (κ2) is 1.05. The summed E-state index contributed by atoms with van der Waals surface area (Å²) in [5.41, 5.74) is 5.35. The summed E-state index contributed by atoms with van der Waals surface area (Å²) in [6.45, 7) is 3.14. The third kappa shape index (κ3) is 0.431. The topological polar surface area (TPSA) is 29.0 Å². The first-order valence-corrected chi connectivity index (χ1v) is 2.21. The smallest absolute Gasteiger partial charge is 0.264 e. The first-order chi connectivity index (χ1) is 2.84. The molecule has 0 aromatic rings. The maximum absolute atomic E-state index is 5.35. The van der Waals surface area contributed by atoms with Crippen molar-refractivity contribution in [2.75, 3.05) is 6.54 Å². The van der Waals surface area contributed by atoms with E-state index in [1.165, 1.54) is 0 Å². The maximum atomic E-state index is 5.35. The lowest BCUT2D eigenvalue weighted by molar-refractivity contribution is -0.464. The van der Waals surface area contributed by atoms with Crippen molar-refractivity contribution >= 4 is 6.21 Å². The van der Waals surface area contributed by atoms with Crippen molar-refractivity contribution in [3.63, 3.8) is 0 Å². The Labute approximate surface area is 37.3 Å². The summed E-state index contributed by atoms with van der Waals surface area (Å²) in [7, 11) is 0. The van der Waals surface area contributed by atoms with Gasteiger partial charge in [0.25, 0.3) is 6.17 Å². The van der Waals surface area contributed by atoms with E-state index in [4.69, 9.17) is 5.73 Å². The number of hydrogen-bond acceptors (Lipinski definition) is 1. The Hall–Kier alpha value is -0.370. The molecule has 0 amide bonds. The van der Waals surface area contributed by atoms with Gasteiger partial charge in [0.1, 0.15) is 6.54 Å². The fourth-order valence-corrected chi connectivity index (χ4v) is 0.474. The molecule has 2 N–H and O–H groups in total. The van der Waals surface area contributed by atoms with E-state index < -0.39 is 0 Å². The van der Waals surface area contributed by atoms with E-state index >= 15 is 0 Å². The Morgan fingerprint density at radius 1 is 2.00 bits per heavy atom. The molecule has 0 saturated carbocycles. The lowest BCUT2D eigenvalue weighted by atomic mass is 10.7. The van der Waals surface area contributed by atoms with Gasteiger partial charge in [0.15, 0.2) is 0 Å². The zero-order valence-corrected chi connectivity index (χ0v) is 3.89. The summed E-state index contributed by atoms with van der Waals surface area (Å²) in [5, 5.41) is 0. The van der Waals surface area contributed by atoms with Gasteiger partial charge in [-0.1, -0.05) is 0 Å². The average Bonchev–Trinajstić information content (AvgIpc) is 2.19. The molecule has 2 nitrogen and oxygen atoms in total. The number of nitrogens with two attached hydrogens (primary N) is 1. The second-order valence-corrected chi connectivity index (χ2v) is 1.47. The highest BCUT2D eigenvalue weighted by Crippen LogP contribution is 1.90. The van der Waals surface area contributed by atoms with Gasteiger partial charge in [0.2, 0.25) is 6.21 Å². The quantitative estimate of drug-likeness (QED) is 0.423. The largest absolute Gasteiger partial charge is 0.281 e. The molecule has 1 heterocycles. The molecule has 0 radical (unpaired) electrons. The van der Waals surface area contributed by atoms with E-state index in [1.54, 1.807) is 0 Å². The van der Waals surface area contributed by atoms with Crippen LogP contribution in [0.1, 0.15) is 6.92 Å². The Kier molecular flexibility index (Phi) is 0.665. The van der Waals surface area contributed by atoms with E-state index in [0.717, 1.165) is 6.54 Å². The highest BCUT2D eigenvalue weighted by atomic mass is 15.2. The average molecular weight is 85.1 g/mol. The lowest BCUT2D eigenvalue weighted by Gasteiger charge is -1.73. The minimum Gasteiger partial charge on any atom is -0.264 e.